The Labute approximate surface area is 94.4 Å². The predicted molar refractivity (Wildman–Crippen MR) is 64.0 cm³/mol. The largest absolute Gasteiger partial charge is 0.355 e. The van der Waals surface area contributed by atoms with Gasteiger partial charge in [-0.3, -0.25) is 9.00 Å². The number of hydrogen-bond acceptors (Lipinski definition) is 3. The van der Waals surface area contributed by atoms with Crippen LogP contribution in [0.15, 0.2) is 0 Å². The SMILES string of the molecule is CC(CCCN)C(=O)NCC(C)S(C)=O. The molecule has 0 bridgehead atoms. The van der Waals surface area contributed by atoms with E-state index in [2.05, 4.69) is 5.32 Å². The normalized spacial score (nSPS) is 16.8. The molecule has 0 aromatic rings. The maximum Gasteiger partial charge on any atom is 0.222 e. The van der Waals surface area contributed by atoms with Crippen LogP contribution in [0.2, 0.25) is 0 Å². The van der Waals surface area contributed by atoms with Crippen LogP contribution >= 0.6 is 0 Å². The minimum atomic E-state index is -0.880. The van der Waals surface area contributed by atoms with Gasteiger partial charge < -0.3 is 11.1 Å². The number of nitrogens with one attached hydrogen (secondary N) is 1. The Bertz CT molecular complexity index is 221. The quantitative estimate of drug-likeness (QED) is 0.663. The number of carbonyl (C=O) groups excluding carboxylic acids is 1. The van der Waals surface area contributed by atoms with E-state index in [1.807, 2.05) is 13.8 Å². The summed E-state index contributed by atoms with van der Waals surface area (Å²) in [7, 11) is -0.880. The van der Waals surface area contributed by atoms with Gasteiger partial charge in [-0.2, -0.15) is 0 Å². The molecular formula is C10H22N2O2S. The number of hydrogen-bond donors (Lipinski definition) is 2. The van der Waals surface area contributed by atoms with Crippen LogP contribution in [0.4, 0.5) is 0 Å². The molecule has 0 aliphatic heterocycles. The summed E-state index contributed by atoms with van der Waals surface area (Å²) in [6.45, 7) is 4.85. The zero-order valence-electron chi connectivity index (χ0n) is 9.79. The molecule has 5 heteroatoms. The van der Waals surface area contributed by atoms with Crippen molar-refractivity contribution in [2.24, 2.45) is 11.7 Å². The second-order valence-corrected chi connectivity index (χ2v) is 5.69. The standard InChI is InChI=1S/C10H22N2O2S/c1-8(5-4-6-11)10(13)12-7-9(2)15(3)14/h8-9H,4-7,11H2,1-3H3,(H,12,13). The van der Waals surface area contributed by atoms with Crippen molar-refractivity contribution in [3.8, 4) is 0 Å². The van der Waals surface area contributed by atoms with Crippen molar-refractivity contribution in [1.29, 1.82) is 0 Å². The van der Waals surface area contributed by atoms with Gasteiger partial charge in [0, 0.05) is 34.8 Å². The average molecular weight is 234 g/mol. The molecule has 3 unspecified atom stereocenters. The molecule has 0 saturated carbocycles. The van der Waals surface area contributed by atoms with Crippen molar-refractivity contribution in [2.75, 3.05) is 19.3 Å². The lowest BCUT2D eigenvalue weighted by molar-refractivity contribution is -0.124. The highest BCUT2D eigenvalue weighted by atomic mass is 32.2. The molecule has 90 valence electrons. The van der Waals surface area contributed by atoms with Gasteiger partial charge in [-0.05, 0) is 26.3 Å². The lowest BCUT2D eigenvalue weighted by atomic mass is 10.1. The molecule has 4 nitrogen and oxygen atoms in total. The molecule has 3 N–H and O–H groups in total. The second-order valence-electron chi connectivity index (χ2n) is 3.89. The number of amides is 1. The van der Waals surface area contributed by atoms with E-state index in [9.17, 15) is 9.00 Å². The minimum Gasteiger partial charge on any atom is -0.355 e. The van der Waals surface area contributed by atoms with Crippen molar-refractivity contribution >= 4 is 16.7 Å². The predicted octanol–water partition coefficient (Wildman–Crippen LogP) is 0.245. The van der Waals surface area contributed by atoms with Crippen molar-refractivity contribution in [3.05, 3.63) is 0 Å². The van der Waals surface area contributed by atoms with Crippen LogP contribution < -0.4 is 11.1 Å². The van der Waals surface area contributed by atoms with E-state index >= 15 is 0 Å². The summed E-state index contributed by atoms with van der Waals surface area (Å²) in [5, 5.41) is 2.81. The fourth-order valence-electron chi connectivity index (χ4n) is 1.09. The fourth-order valence-corrected chi connectivity index (χ4v) is 1.41. The fraction of sp³-hybridized carbons (Fsp3) is 0.900. The highest BCUT2D eigenvalue weighted by Gasteiger charge is 2.13. The Hall–Kier alpha value is -0.420. The van der Waals surface area contributed by atoms with Crippen molar-refractivity contribution in [1.82, 2.24) is 5.32 Å². The number of nitrogens with two attached hydrogens (primary N) is 1. The molecule has 0 radical (unpaired) electrons. The van der Waals surface area contributed by atoms with E-state index in [1.54, 1.807) is 6.26 Å². The van der Waals surface area contributed by atoms with Gasteiger partial charge in [0.05, 0.1) is 0 Å². The summed E-state index contributed by atoms with van der Waals surface area (Å²) in [4.78, 5) is 11.5. The summed E-state index contributed by atoms with van der Waals surface area (Å²) in [6, 6.07) is 0. The van der Waals surface area contributed by atoms with E-state index in [-0.39, 0.29) is 17.1 Å². The molecule has 0 rings (SSSR count). The third-order valence-electron chi connectivity index (χ3n) is 2.42. The van der Waals surface area contributed by atoms with Crippen molar-refractivity contribution in [3.63, 3.8) is 0 Å². The van der Waals surface area contributed by atoms with Crippen LogP contribution in [-0.2, 0) is 15.6 Å². The van der Waals surface area contributed by atoms with E-state index < -0.39 is 10.8 Å². The Morgan fingerprint density at radius 3 is 2.53 bits per heavy atom. The average Bonchev–Trinajstić information content (AvgIpc) is 2.21. The lowest BCUT2D eigenvalue weighted by Gasteiger charge is -2.14. The molecule has 0 heterocycles. The second kappa shape index (κ2) is 7.82. The zero-order valence-corrected chi connectivity index (χ0v) is 10.6. The molecule has 0 aromatic heterocycles. The third kappa shape index (κ3) is 6.62. The van der Waals surface area contributed by atoms with Crippen LogP contribution in [0.5, 0.6) is 0 Å². The number of rotatable bonds is 7. The van der Waals surface area contributed by atoms with Crippen LogP contribution in [0.1, 0.15) is 26.7 Å². The molecule has 0 aliphatic carbocycles. The highest BCUT2D eigenvalue weighted by Crippen LogP contribution is 2.04. The molecule has 3 atom stereocenters. The van der Waals surface area contributed by atoms with Crippen molar-refractivity contribution < 1.29 is 9.00 Å². The van der Waals surface area contributed by atoms with Gasteiger partial charge in [-0.25, -0.2) is 0 Å². The molecule has 0 saturated heterocycles. The first-order valence-electron chi connectivity index (χ1n) is 5.29. The molecular weight excluding hydrogens is 212 g/mol. The van der Waals surface area contributed by atoms with E-state index in [1.165, 1.54) is 0 Å². The van der Waals surface area contributed by atoms with Gasteiger partial charge in [0.2, 0.25) is 5.91 Å². The molecule has 0 aliphatic rings. The summed E-state index contributed by atoms with van der Waals surface area (Å²) in [6.07, 6.45) is 3.32. The maximum atomic E-state index is 11.5. The highest BCUT2D eigenvalue weighted by molar-refractivity contribution is 7.84. The smallest absolute Gasteiger partial charge is 0.222 e. The minimum absolute atomic E-state index is 0.00829. The molecule has 1 amide bonds. The topological polar surface area (TPSA) is 72.2 Å². The van der Waals surface area contributed by atoms with Crippen molar-refractivity contribution in [2.45, 2.75) is 31.9 Å². The van der Waals surface area contributed by atoms with Gasteiger partial charge in [0.15, 0.2) is 0 Å². The van der Waals surface area contributed by atoms with Gasteiger partial charge in [-0.15, -0.1) is 0 Å². The van der Waals surface area contributed by atoms with Crippen LogP contribution in [0.3, 0.4) is 0 Å². The summed E-state index contributed by atoms with van der Waals surface area (Å²) in [5.74, 6) is 0.0202. The first-order valence-corrected chi connectivity index (χ1v) is 6.91. The van der Waals surface area contributed by atoms with Gasteiger partial charge in [0.25, 0.3) is 0 Å². The molecule has 15 heavy (non-hydrogen) atoms. The maximum absolute atomic E-state index is 11.5. The first-order chi connectivity index (χ1) is 6.99. The molecule has 0 fully saturated rings. The van der Waals surface area contributed by atoms with Gasteiger partial charge in [-0.1, -0.05) is 6.92 Å². The Balaban J connectivity index is 3.77. The summed E-state index contributed by atoms with van der Waals surface area (Å²) in [5.41, 5.74) is 5.37. The molecule has 0 aromatic carbocycles. The summed E-state index contributed by atoms with van der Waals surface area (Å²) >= 11 is 0. The zero-order chi connectivity index (χ0) is 11.8. The van der Waals surface area contributed by atoms with Crippen LogP contribution in [0, 0.1) is 5.92 Å². The van der Waals surface area contributed by atoms with E-state index in [0.717, 1.165) is 12.8 Å². The Morgan fingerprint density at radius 2 is 2.07 bits per heavy atom. The van der Waals surface area contributed by atoms with E-state index in [4.69, 9.17) is 5.73 Å². The van der Waals surface area contributed by atoms with Crippen LogP contribution in [-0.4, -0.2) is 34.7 Å². The Kier molecular flexibility index (Phi) is 7.60. The van der Waals surface area contributed by atoms with Gasteiger partial charge in [0.1, 0.15) is 0 Å². The third-order valence-corrected chi connectivity index (χ3v) is 3.72. The first kappa shape index (κ1) is 14.6. The number of carbonyl (C=O) groups is 1. The summed E-state index contributed by atoms with van der Waals surface area (Å²) < 4.78 is 11.0. The monoisotopic (exact) mass is 234 g/mol. The van der Waals surface area contributed by atoms with Gasteiger partial charge >= 0.3 is 0 Å². The lowest BCUT2D eigenvalue weighted by Crippen LogP contribution is -2.36. The van der Waals surface area contributed by atoms with E-state index in [0.29, 0.717) is 13.1 Å². The van der Waals surface area contributed by atoms with Crippen LogP contribution in [0.25, 0.3) is 0 Å². The molecule has 0 spiro atoms. The Morgan fingerprint density at radius 1 is 1.47 bits per heavy atom.